The van der Waals surface area contributed by atoms with Gasteiger partial charge in [-0.1, -0.05) is 6.07 Å². The summed E-state index contributed by atoms with van der Waals surface area (Å²) >= 11 is 0. The van der Waals surface area contributed by atoms with Crippen LogP contribution in [0.3, 0.4) is 0 Å². The average Bonchev–Trinajstić information content (AvgIpc) is 2.33. The Morgan fingerprint density at radius 1 is 1.33 bits per heavy atom. The van der Waals surface area contributed by atoms with Crippen LogP contribution in [0.15, 0.2) is 18.2 Å². The van der Waals surface area contributed by atoms with Crippen LogP contribution in [-0.2, 0) is 15.7 Å². The molecule has 0 aromatic heterocycles. The van der Waals surface area contributed by atoms with Gasteiger partial charge in [-0.3, -0.25) is 4.79 Å². The van der Waals surface area contributed by atoms with E-state index in [0.29, 0.717) is 6.07 Å². The first-order valence-electron chi connectivity index (χ1n) is 6.19. The van der Waals surface area contributed by atoms with E-state index in [4.69, 9.17) is 5.73 Å². The van der Waals surface area contributed by atoms with E-state index < -0.39 is 35.0 Å². The highest BCUT2D eigenvalue weighted by atomic mass is 19.4. The molecule has 0 radical (unpaired) electrons. The van der Waals surface area contributed by atoms with Gasteiger partial charge in [0, 0.05) is 11.5 Å². The van der Waals surface area contributed by atoms with Gasteiger partial charge in [0.2, 0.25) is 0 Å². The SMILES string of the molecule is COC(=O)CC(c1ccc(F)c(C(F)(F)F)c1)C(C)(C)N. The molecule has 0 bridgehead atoms. The van der Waals surface area contributed by atoms with E-state index in [1.807, 2.05) is 0 Å². The van der Waals surface area contributed by atoms with Crippen molar-refractivity contribution in [3.8, 4) is 0 Å². The highest BCUT2D eigenvalue weighted by molar-refractivity contribution is 5.70. The van der Waals surface area contributed by atoms with Crippen LogP contribution in [0.4, 0.5) is 17.6 Å². The van der Waals surface area contributed by atoms with Crippen molar-refractivity contribution in [2.24, 2.45) is 5.73 Å². The lowest BCUT2D eigenvalue weighted by atomic mass is 9.80. The fraction of sp³-hybridized carbons (Fsp3) is 0.500. The number of rotatable bonds is 4. The van der Waals surface area contributed by atoms with Crippen LogP contribution >= 0.6 is 0 Å². The molecule has 1 unspecified atom stereocenters. The van der Waals surface area contributed by atoms with Crippen LogP contribution in [0.2, 0.25) is 0 Å². The van der Waals surface area contributed by atoms with Crippen molar-refractivity contribution in [2.75, 3.05) is 7.11 Å². The number of methoxy groups -OCH3 is 1. The Kier molecular flexibility index (Phi) is 4.99. The maximum absolute atomic E-state index is 13.3. The highest BCUT2D eigenvalue weighted by Crippen LogP contribution is 2.36. The molecule has 21 heavy (non-hydrogen) atoms. The molecule has 3 nitrogen and oxygen atoms in total. The molecule has 1 aromatic carbocycles. The summed E-state index contributed by atoms with van der Waals surface area (Å²) in [6.45, 7) is 3.16. The molecule has 1 rings (SSSR count). The van der Waals surface area contributed by atoms with Crippen molar-refractivity contribution in [2.45, 2.75) is 37.9 Å². The minimum absolute atomic E-state index is 0.140. The Hall–Kier alpha value is -1.63. The van der Waals surface area contributed by atoms with E-state index in [1.54, 1.807) is 13.8 Å². The summed E-state index contributed by atoms with van der Waals surface area (Å²) in [5.41, 5.74) is 3.72. The summed E-state index contributed by atoms with van der Waals surface area (Å²) in [6.07, 6.45) is -5.00. The summed E-state index contributed by atoms with van der Waals surface area (Å²) < 4.78 is 56.1. The number of nitrogens with two attached hydrogens (primary N) is 1. The van der Waals surface area contributed by atoms with Crippen molar-refractivity contribution >= 4 is 5.97 Å². The second-order valence-corrected chi connectivity index (χ2v) is 5.39. The van der Waals surface area contributed by atoms with Gasteiger partial charge in [-0.05, 0) is 31.5 Å². The van der Waals surface area contributed by atoms with Crippen LogP contribution in [-0.4, -0.2) is 18.6 Å². The van der Waals surface area contributed by atoms with Gasteiger partial charge >= 0.3 is 12.1 Å². The Balaban J connectivity index is 3.29. The second kappa shape index (κ2) is 6.01. The summed E-state index contributed by atoms with van der Waals surface area (Å²) in [5, 5.41) is 0. The number of halogens is 4. The highest BCUT2D eigenvalue weighted by Gasteiger charge is 2.36. The zero-order valence-electron chi connectivity index (χ0n) is 11.9. The third-order valence-corrected chi connectivity index (χ3v) is 3.19. The third-order valence-electron chi connectivity index (χ3n) is 3.19. The lowest BCUT2D eigenvalue weighted by Gasteiger charge is -2.30. The van der Waals surface area contributed by atoms with Crippen molar-refractivity contribution in [1.82, 2.24) is 0 Å². The summed E-state index contributed by atoms with van der Waals surface area (Å²) in [5.74, 6) is -2.69. The lowest BCUT2D eigenvalue weighted by Crippen LogP contribution is -2.40. The van der Waals surface area contributed by atoms with E-state index in [1.165, 1.54) is 13.2 Å². The standard InChI is InChI=1S/C14H17F4NO2/c1-13(2,19)9(7-12(20)21-3)8-4-5-11(15)10(6-8)14(16,17)18/h4-6,9H,7,19H2,1-3H3. The fourth-order valence-electron chi connectivity index (χ4n) is 2.04. The van der Waals surface area contributed by atoms with E-state index in [-0.39, 0.29) is 12.0 Å². The molecule has 0 amide bonds. The Labute approximate surface area is 120 Å². The van der Waals surface area contributed by atoms with Gasteiger partial charge in [-0.25, -0.2) is 4.39 Å². The van der Waals surface area contributed by atoms with Gasteiger partial charge in [0.1, 0.15) is 5.82 Å². The molecular weight excluding hydrogens is 290 g/mol. The molecule has 1 aromatic rings. The maximum atomic E-state index is 13.3. The molecule has 2 N–H and O–H groups in total. The largest absolute Gasteiger partial charge is 0.469 e. The Morgan fingerprint density at radius 2 is 1.90 bits per heavy atom. The molecule has 0 fully saturated rings. The van der Waals surface area contributed by atoms with E-state index >= 15 is 0 Å². The zero-order valence-corrected chi connectivity index (χ0v) is 11.9. The number of esters is 1. The minimum Gasteiger partial charge on any atom is -0.469 e. The zero-order chi connectivity index (χ0) is 16.4. The molecule has 0 spiro atoms. The van der Waals surface area contributed by atoms with Crippen molar-refractivity contribution < 1.29 is 27.1 Å². The molecule has 0 heterocycles. The van der Waals surface area contributed by atoms with Crippen LogP contribution in [0.1, 0.15) is 37.3 Å². The van der Waals surface area contributed by atoms with Gasteiger partial charge in [-0.2, -0.15) is 13.2 Å². The van der Waals surface area contributed by atoms with Crippen molar-refractivity contribution in [1.29, 1.82) is 0 Å². The van der Waals surface area contributed by atoms with Gasteiger partial charge in [0.05, 0.1) is 19.1 Å². The van der Waals surface area contributed by atoms with Crippen LogP contribution in [0, 0.1) is 5.82 Å². The number of carbonyl (C=O) groups excluding carboxylic acids is 1. The van der Waals surface area contributed by atoms with E-state index in [2.05, 4.69) is 4.74 Å². The van der Waals surface area contributed by atoms with E-state index in [9.17, 15) is 22.4 Å². The number of alkyl halides is 3. The normalized spacial score (nSPS) is 13.9. The molecule has 7 heteroatoms. The molecular formula is C14H17F4NO2. The van der Waals surface area contributed by atoms with Gasteiger partial charge in [-0.15, -0.1) is 0 Å². The molecule has 0 aliphatic heterocycles. The molecule has 0 saturated carbocycles. The van der Waals surface area contributed by atoms with Gasteiger partial charge in [0.15, 0.2) is 0 Å². The van der Waals surface area contributed by atoms with Crippen molar-refractivity contribution in [3.63, 3.8) is 0 Å². The van der Waals surface area contributed by atoms with Crippen LogP contribution in [0.5, 0.6) is 0 Å². The summed E-state index contributed by atoms with van der Waals surface area (Å²) in [7, 11) is 1.18. The smallest absolute Gasteiger partial charge is 0.419 e. The first kappa shape index (κ1) is 17.4. The van der Waals surface area contributed by atoms with Crippen LogP contribution in [0.25, 0.3) is 0 Å². The Bertz CT molecular complexity index is 521. The number of carbonyl (C=O) groups is 1. The monoisotopic (exact) mass is 307 g/mol. The minimum atomic E-state index is -4.81. The number of hydrogen-bond acceptors (Lipinski definition) is 3. The molecule has 0 aliphatic rings. The van der Waals surface area contributed by atoms with Crippen molar-refractivity contribution in [3.05, 3.63) is 35.1 Å². The van der Waals surface area contributed by atoms with Gasteiger partial charge in [0.25, 0.3) is 0 Å². The predicted octanol–water partition coefficient (Wildman–Crippen LogP) is 3.23. The molecule has 0 saturated heterocycles. The number of benzene rings is 1. The lowest BCUT2D eigenvalue weighted by molar-refractivity contribution is -0.141. The number of ether oxygens (including phenoxy) is 1. The quantitative estimate of drug-likeness (QED) is 0.686. The van der Waals surface area contributed by atoms with Crippen LogP contribution < -0.4 is 5.73 Å². The first-order chi connectivity index (χ1) is 9.46. The molecule has 1 atom stereocenters. The topological polar surface area (TPSA) is 52.3 Å². The fourth-order valence-corrected chi connectivity index (χ4v) is 2.04. The third kappa shape index (κ3) is 4.42. The predicted molar refractivity (Wildman–Crippen MR) is 69.0 cm³/mol. The first-order valence-corrected chi connectivity index (χ1v) is 6.19. The van der Waals surface area contributed by atoms with E-state index in [0.717, 1.165) is 6.07 Å². The summed E-state index contributed by atoms with van der Waals surface area (Å²) in [4.78, 5) is 11.4. The number of hydrogen-bond donors (Lipinski definition) is 1. The Morgan fingerprint density at radius 3 is 2.33 bits per heavy atom. The molecule has 0 aliphatic carbocycles. The maximum Gasteiger partial charge on any atom is 0.419 e. The second-order valence-electron chi connectivity index (χ2n) is 5.39. The average molecular weight is 307 g/mol. The van der Waals surface area contributed by atoms with Gasteiger partial charge < -0.3 is 10.5 Å². The summed E-state index contributed by atoms with van der Waals surface area (Å²) in [6, 6.07) is 2.62. The molecule has 118 valence electrons.